The third kappa shape index (κ3) is 5.41. The summed E-state index contributed by atoms with van der Waals surface area (Å²) in [5, 5.41) is 6.38. The average molecular weight is 281 g/mol. The first-order valence-corrected chi connectivity index (χ1v) is 8.41. The molecule has 2 saturated carbocycles. The molecule has 2 rings (SSSR count). The van der Waals surface area contributed by atoms with E-state index >= 15 is 0 Å². The molecule has 0 radical (unpaired) electrons. The van der Waals surface area contributed by atoms with Gasteiger partial charge in [-0.2, -0.15) is 0 Å². The van der Waals surface area contributed by atoms with E-state index in [9.17, 15) is 4.79 Å². The Balaban J connectivity index is 1.52. The topological polar surface area (TPSA) is 44.4 Å². The fraction of sp³-hybridized carbons (Fsp3) is 0.938. The van der Waals surface area contributed by atoms with Crippen molar-refractivity contribution in [3.05, 3.63) is 0 Å². The van der Waals surface area contributed by atoms with Crippen molar-refractivity contribution in [3.8, 4) is 0 Å². The van der Waals surface area contributed by atoms with E-state index in [4.69, 9.17) is 0 Å². The van der Waals surface area contributed by atoms with Crippen molar-refractivity contribution in [1.29, 1.82) is 0 Å². The molecular formula is C16H31N3O. The zero-order valence-corrected chi connectivity index (χ0v) is 13.2. The van der Waals surface area contributed by atoms with E-state index in [1.807, 2.05) is 6.92 Å². The minimum Gasteiger partial charge on any atom is -0.352 e. The van der Waals surface area contributed by atoms with Crippen molar-refractivity contribution in [1.82, 2.24) is 15.5 Å². The summed E-state index contributed by atoms with van der Waals surface area (Å²) in [7, 11) is 2.25. The Morgan fingerprint density at radius 1 is 1.20 bits per heavy atom. The van der Waals surface area contributed by atoms with Crippen molar-refractivity contribution in [3.63, 3.8) is 0 Å². The van der Waals surface area contributed by atoms with Crippen molar-refractivity contribution in [2.24, 2.45) is 0 Å². The van der Waals surface area contributed by atoms with Gasteiger partial charge in [0.2, 0.25) is 5.91 Å². The minimum absolute atomic E-state index is 0.0596. The highest BCUT2D eigenvalue weighted by molar-refractivity contribution is 5.81. The first kappa shape index (κ1) is 15.8. The highest BCUT2D eigenvalue weighted by atomic mass is 16.2. The fourth-order valence-corrected chi connectivity index (χ4v) is 3.00. The molecule has 1 atom stereocenters. The summed E-state index contributed by atoms with van der Waals surface area (Å²) in [5.41, 5.74) is 0. The predicted molar refractivity (Wildman–Crippen MR) is 82.7 cm³/mol. The van der Waals surface area contributed by atoms with Crippen LogP contribution in [0.4, 0.5) is 0 Å². The molecule has 1 amide bonds. The molecular weight excluding hydrogens is 250 g/mol. The van der Waals surface area contributed by atoms with Gasteiger partial charge in [0, 0.05) is 12.1 Å². The van der Waals surface area contributed by atoms with Gasteiger partial charge in [-0.25, -0.2) is 0 Å². The molecule has 2 fully saturated rings. The Bertz CT molecular complexity index is 298. The molecule has 4 heteroatoms. The molecule has 0 saturated heterocycles. The summed E-state index contributed by atoms with van der Waals surface area (Å²) >= 11 is 0. The molecule has 0 aliphatic heterocycles. The molecule has 2 N–H and O–H groups in total. The Labute approximate surface area is 123 Å². The quantitative estimate of drug-likeness (QED) is 0.668. The summed E-state index contributed by atoms with van der Waals surface area (Å²) in [5.74, 6) is 0.160. The van der Waals surface area contributed by atoms with Crippen molar-refractivity contribution < 1.29 is 4.79 Å². The van der Waals surface area contributed by atoms with Crippen LogP contribution in [-0.4, -0.2) is 49.1 Å². The van der Waals surface area contributed by atoms with Gasteiger partial charge >= 0.3 is 0 Å². The van der Waals surface area contributed by atoms with Crippen LogP contribution in [0, 0.1) is 0 Å². The van der Waals surface area contributed by atoms with Crippen LogP contribution in [0.15, 0.2) is 0 Å². The lowest BCUT2D eigenvalue weighted by Crippen LogP contribution is -2.44. The van der Waals surface area contributed by atoms with Gasteiger partial charge < -0.3 is 15.5 Å². The number of rotatable bonds is 8. The number of hydrogen-bond acceptors (Lipinski definition) is 3. The fourth-order valence-electron chi connectivity index (χ4n) is 3.00. The van der Waals surface area contributed by atoms with E-state index in [0.717, 1.165) is 38.4 Å². The van der Waals surface area contributed by atoms with Crippen LogP contribution in [-0.2, 0) is 4.79 Å². The minimum atomic E-state index is -0.0596. The van der Waals surface area contributed by atoms with E-state index in [-0.39, 0.29) is 11.9 Å². The molecule has 2 aliphatic rings. The van der Waals surface area contributed by atoms with Crippen LogP contribution in [0.3, 0.4) is 0 Å². The van der Waals surface area contributed by atoms with Crippen LogP contribution in [0.5, 0.6) is 0 Å². The number of carbonyl (C=O) groups is 1. The third-order valence-electron chi connectivity index (χ3n) is 4.65. The molecule has 2 aliphatic carbocycles. The Morgan fingerprint density at radius 3 is 2.55 bits per heavy atom. The lowest BCUT2D eigenvalue weighted by Gasteiger charge is -2.31. The smallest absolute Gasteiger partial charge is 0.237 e. The summed E-state index contributed by atoms with van der Waals surface area (Å²) in [6.45, 7) is 4.02. The number of nitrogens with zero attached hydrogens (tertiary/aromatic N) is 1. The van der Waals surface area contributed by atoms with Crippen molar-refractivity contribution >= 4 is 5.91 Å². The largest absolute Gasteiger partial charge is 0.352 e. The van der Waals surface area contributed by atoms with Gasteiger partial charge in [-0.15, -0.1) is 0 Å². The van der Waals surface area contributed by atoms with E-state index in [0.29, 0.717) is 6.04 Å². The summed E-state index contributed by atoms with van der Waals surface area (Å²) in [6.07, 6.45) is 10.4. The van der Waals surface area contributed by atoms with E-state index < -0.39 is 0 Å². The number of amides is 1. The standard InChI is InChI=1S/C16H31N3O/c1-13(16(20)18-14-9-10-14)17-11-6-12-19(2)15-7-4-3-5-8-15/h13-15,17H,3-12H2,1-2H3,(H,18,20). The van der Waals surface area contributed by atoms with Crippen LogP contribution in [0.1, 0.15) is 58.3 Å². The normalized spacial score (nSPS) is 21.9. The number of nitrogens with one attached hydrogen (secondary N) is 2. The molecule has 0 heterocycles. The Kier molecular flexibility index (Phi) is 6.30. The van der Waals surface area contributed by atoms with Gasteiger partial charge in [0.15, 0.2) is 0 Å². The predicted octanol–water partition coefficient (Wildman–Crippen LogP) is 1.90. The zero-order valence-electron chi connectivity index (χ0n) is 13.2. The highest BCUT2D eigenvalue weighted by Crippen LogP contribution is 2.21. The highest BCUT2D eigenvalue weighted by Gasteiger charge is 2.25. The molecule has 0 aromatic carbocycles. The second-order valence-corrected chi connectivity index (χ2v) is 6.58. The van der Waals surface area contributed by atoms with Crippen LogP contribution in [0.2, 0.25) is 0 Å². The van der Waals surface area contributed by atoms with Gasteiger partial charge in [0.25, 0.3) is 0 Å². The second-order valence-electron chi connectivity index (χ2n) is 6.58. The maximum absolute atomic E-state index is 11.8. The number of carbonyl (C=O) groups excluding carboxylic acids is 1. The SMILES string of the molecule is CC(NCCCN(C)C1CCCCC1)C(=O)NC1CC1. The molecule has 0 bridgehead atoms. The van der Waals surface area contributed by atoms with Gasteiger partial charge in [-0.05, 0) is 59.2 Å². The first-order valence-electron chi connectivity index (χ1n) is 8.41. The molecule has 4 nitrogen and oxygen atoms in total. The monoisotopic (exact) mass is 281 g/mol. The van der Waals surface area contributed by atoms with Crippen molar-refractivity contribution in [2.45, 2.75) is 76.4 Å². The van der Waals surface area contributed by atoms with Gasteiger partial charge in [-0.1, -0.05) is 19.3 Å². The third-order valence-corrected chi connectivity index (χ3v) is 4.65. The summed E-state index contributed by atoms with van der Waals surface area (Å²) in [6, 6.07) is 1.19. The molecule has 0 aromatic rings. The Hall–Kier alpha value is -0.610. The average Bonchev–Trinajstić information content (AvgIpc) is 3.28. The molecule has 1 unspecified atom stereocenters. The summed E-state index contributed by atoms with van der Waals surface area (Å²) in [4.78, 5) is 14.3. The molecule has 0 aromatic heterocycles. The lowest BCUT2D eigenvalue weighted by atomic mass is 9.94. The van der Waals surface area contributed by atoms with E-state index in [1.165, 1.54) is 32.1 Å². The summed E-state index contributed by atoms with van der Waals surface area (Å²) < 4.78 is 0. The van der Waals surface area contributed by atoms with Crippen LogP contribution in [0.25, 0.3) is 0 Å². The van der Waals surface area contributed by atoms with Gasteiger partial charge in [-0.3, -0.25) is 4.79 Å². The molecule has 0 spiro atoms. The van der Waals surface area contributed by atoms with E-state index in [2.05, 4.69) is 22.6 Å². The van der Waals surface area contributed by atoms with Gasteiger partial charge in [0.1, 0.15) is 0 Å². The maximum Gasteiger partial charge on any atom is 0.237 e. The van der Waals surface area contributed by atoms with Crippen molar-refractivity contribution in [2.75, 3.05) is 20.1 Å². The van der Waals surface area contributed by atoms with Crippen LogP contribution < -0.4 is 10.6 Å². The maximum atomic E-state index is 11.8. The second kappa shape index (κ2) is 7.99. The zero-order chi connectivity index (χ0) is 14.4. The van der Waals surface area contributed by atoms with E-state index in [1.54, 1.807) is 0 Å². The Morgan fingerprint density at radius 2 is 1.90 bits per heavy atom. The molecule has 116 valence electrons. The number of hydrogen-bond donors (Lipinski definition) is 2. The van der Waals surface area contributed by atoms with Gasteiger partial charge in [0.05, 0.1) is 6.04 Å². The lowest BCUT2D eigenvalue weighted by molar-refractivity contribution is -0.122. The molecule has 20 heavy (non-hydrogen) atoms. The first-order chi connectivity index (χ1) is 9.66. The van der Waals surface area contributed by atoms with Crippen LogP contribution >= 0.6 is 0 Å².